The van der Waals surface area contributed by atoms with E-state index in [0.29, 0.717) is 0 Å². The molecule has 0 radical (unpaired) electrons. The molecule has 0 fully saturated rings. The highest BCUT2D eigenvalue weighted by Gasteiger charge is 2.29. The second-order valence-corrected chi connectivity index (χ2v) is 9.93. The summed E-state index contributed by atoms with van der Waals surface area (Å²) in [4.78, 5) is 1.07. The SMILES string of the molecule is Cc1ccccc1SP(=O)(c1ccccc1)c1ccccc1. The number of hydrogen-bond acceptors (Lipinski definition) is 2. The average molecular weight is 324 g/mol. The van der Waals surface area contributed by atoms with E-state index >= 15 is 0 Å². The van der Waals surface area contributed by atoms with Gasteiger partial charge < -0.3 is 4.57 Å². The first kappa shape index (κ1) is 15.1. The molecule has 0 heterocycles. The molecule has 0 atom stereocenters. The first-order valence-corrected chi connectivity index (χ1v) is 10.3. The van der Waals surface area contributed by atoms with Crippen molar-refractivity contribution >= 4 is 28.3 Å². The van der Waals surface area contributed by atoms with Crippen molar-refractivity contribution in [1.82, 2.24) is 0 Å². The van der Waals surface area contributed by atoms with Gasteiger partial charge in [0, 0.05) is 15.5 Å². The highest BCUT2D eigenvalue weighted by Crippen LogP contribution is 2.60. The molecular formula is C19H17OPS. The van der Waals surface area contributed by atoms with Crippen molar-refractivity contribution in [1.29, 1.82) is 0 Å². The first-order valence-electron chi connectivity index (χ1n) is 7.17. The van der Waals surface area contributed by atoms with Gasteiger partial charge in [0.05, 0.1) is 0 Å². The highest BCUT2D eigenvalue weighted by molar-refractivity contribution is 8.62. The quantitative estimate of drug-likeness (QED) is 0.627. The molecule has 1 nitrogen and oxygen atoms in total. The number of rotatable bonds is 4. The largest absolute Gasteiger partial charge is 0.302 e. The van der Waals surface area contributed by atoms with Gasteiger partial charge in [0.1, 0.15) is 0 Å². The minimum Gasteiger partial charge on any atom is -0.302 e. The summed E-state index contributed by atoms with van der Waals surface area (Å²) < 4.78 is 13.9. The standard InChI is InChI=1S/C19H17OPS/c1-16-10-8-9-15-19(16)22-21(20,17-11-4-2-5-12-17)18-13-6-3-7-14-18/h2-15H,1H3. The van der Waals surface area contributed by atoms with E-state index < -0.39 is 6.34 Å². The Bertz CT molecular complexity index is 756. The fourth-order valence-electron chi connectivity index (χ4n) is 2.30. The zero-order valence-corrected chi connectivity index (χ0v) is 14.1. The van der Waals surface area contributed by atoms with Crippen molar-refractivity contribution < 1.29 is 4.57 Å². The predicted molar refractivity (Wildman–Crippen MR) is 96.8 cm³/mol. The van der Waals surface area contributed by atoms with Crippen LogP contribution in [0.2, 0.25) is 0 Å². The van der Waals surface area contributed by atoms with E-state index in [2.05, 4.69) is 13.0 Å². The van der Waals surface area contributed by atoms with Crippen LogP contribution in [-0.4, -0.2) is 0 Å². The maximum Gasteiger partial charge on any atom is 0.199 e. The van der Waals surface area contributed by atoms with Gasteiger partial charge in [0.2, 0.25) is 0 Å². The van der Waals surface area contributed by atoms with Crippen LogP contribution >= 0.6 is 17.7 Å². The molecule has 0 N–H and O–H groups in total. The van der Waals surface area contributed by atoms with E-state index in [1.807, 2.05) is 78.9 Å². The van der Waals surface area contributed by atoms with Crippen LogP contribution in [0, 0.1) is 6.92 Å². The van der Waals surface area contributed by atoms with Crippen molar-refractivity contribution in [2.45, 2.75) is 11.8 Å². The Morgan fingerprint density at radius 1 is 0.682 bits per heavy atom. The summed E-state index contributed by atoms with van der Waals surface area (Å²) in [5.41, 5.74) is 1.15. The zero-order chi connectivity index (χ0) is 15.4. The van der Waals surface area contributed by atoms with E-state index in [4.69, 9.17) is 0 Å². The molecule has 110 valence electrons. The predicted octanol–water partition coefficient (Wildman–Crippen LogP) is 5.02. The average Bonchev–Trinajstić information content (AvgIpc) is 2.58. The number of benzene rings is 3. The lowest BCUT2D eigenvalue weighted by Crippen LogP contribution is -2.13. The monoisotopic (exact) mass is 324 g/mol. The summed E-state index contributed by atoms with van der Waals surface area (Å²) in [6, 6.07) is 27.6. The van der Waals surface area contributed by atoms with E-state index in [1.165, 1.54) is 11.4 Å². The van der Waals surface area contributed by atoms with Crippen molar-refractivity contribution in [3.8, 4) is 0 Å². The van der Waals surface area contributed by atoms with E-state index in [0.717, 1.165) is 21.1 Å². The van der Waals surface area contributed by atoms with Gasteiger partial charge in [-0.3, -0.25) is 0 Å². The van der Waals surface area contributed by atoms with Gasteiger partial charge in [-0.15, -0.1) is 0 Å². The molecule has 0 spiro atoms. The normalized spacial score (nSPS) is 11.3. The third kappa shape index (κ3) is 3.04. The Labute approximate surface area is 135 Å². The fraction of sp³-hybridized carbons (Fsp3) is 0.0526. The Balaban J connectivity index is 2.13. The maximum absolute atomic E-state index is 13.9. The smallest absolute Gasteiger partial charge is 0.199 e. The van der Waals surface area contributed by atoms with Crippen LogP contribution in [0.1, 0.15) is 5.56 Å². The van der Waals surface area contributed by atoms with Crippen LogP contribution in [0.5, 0.6) is 0 Å². The molecule has 0 aliphatic heterocycles. The Morgan fingerprint density at radius 2 is 1.14 bits per heavy atom. The molecule has 3 aromatic carbocycles. The molecule has 0 bridgehead atoms. The molecule has 3 aromatic rings. The van der Waals surface area contributed by atoms with Crippen LogP contribution in [0.3, 0.4) is 0 Å². The highest BCUT2D eigenvalue weighted by atomic mass is 32.7. The van der Waals surface area contributed by atoms with E-state index in [-0.39, 0.29) is 0 Å². The summed E-state index contributed by atoms with van der Waals surface area (Å²) >= 11 is 1.48. The third-order valence-corrected chi connectivity index (χ3v) is 9.01. The van der Waals surface area contributed by atoms with Crippen molar-refractivity contribution in [2.24, 2.45) is 0 Å². The maximum atomic E-state index is 13.9. The minimum absolute atomic E-state index is 0.884. The third-order valence-electron chi connectivity index (χ3n) is 3.51. The van der Waals surface area contributed by atoms with Crippen molar-refractivity contribution in [3.05, 3.63) is 90.5 Å². The van der Waals surface area contributed by atoms with Gasteiger partial charge in [0.15, 0.2) is 6.34 Å². The minimum atomic E-state index is -2.76. The topological polar surface area (TPSA) is 17.1 Å². The second-order valence-electron chi connectivity index (χ2n) is 5.08. The van der Waals surface area contributed by atoms with Gasteiger partial charge in [-0.05, 0) is 18.6 Å². The molecule has 0 aromatic heterocycles. The van der Waals surface area contributed by atoms with Gasteiger partial charge >= 0.3 is 0 Å². The van der Waals surface area contributed by atoms with Crippen LogP contribution in [-0.2, 0) is 4.57 Å². The molecule has 3 heteroatoms. The zero-order valence-electron chi connectivity index (χ0n) is 12.3. The van der Waals surface area contributed by atoms with Gasteiger partial charge in [-0.2, -0.15) is 0 Å². The summed E-state index contributed by atoms with van der Waals surface area (Å²) in [5.74, 6) is 0. The van der Waals surface area contributed by atoms with Crippen LogP contribution in [0.25, 0.3) is 0 Å². The number of hydrogen-bond donors (Lipinski definition) is 0. The van der Waals surface area contributed by atoms with Crippen molar-refractivity contribution in [2.75, 3.05) is 0 Å². The fourth-order valence-corrected chi connectivity index (χ4v) is 7.38. The van der Waals surface area contributed by atoms with Crippen LogP contribution in [0.4, 0.5) is 0 Å². The second kappa shape index (κ2) is 6.56. The number of aryl methyl sites for hydroxylation is 1. The Hall–Kier alpha value is -1.76. The van der Waals surface area contributed by atoms with Crippen molar-refractivity contribution in [3.63, 3.8) is 0 Å². The molecule has 0 aliphatic rings. The molecule has 0 amide bonds. The Morgan fingerprint density at radius 3 is 1.64 bits per heavy atom. The summed E-state index contributed by atoms with van der Waals surface area (Å²) in [7, 11) is 0. The molecular weight excluding hydrogens is 307 g/mol. The summed E-state index contributed by atoms with van der Waals surface area (Å²) in [6.07, 6.45) is -2.76. The van der Waals surface area contributed by atoms with Crippen LogP contribution in [0.15, 0.2) is 89.8 Å². The molecule has 22 heavy (non-hydrogen) atoms. The molecule has 0 saturated carbocycles. The lowest BCUT2D eigenvalue weighted by molar-refractivity contribution is 0.595. The van der Waals surface area contributed by atoms with Gasteiger partial charge in [0.25, 0.3) is 0 Å². The van der Waals surface area contributed by atoms with Gasteiger partial charge in [-0.25, -0.2) is 0 Å². The van der Waals surface area contributed by atoms with E-state index in [9.17, 15) is 4.57 Å². The lowest BCUT2D eigenvalue weighted by Gasteiger charge is -2.19. The van der Waals surface area contributed by atoms with E-state index in [1.54, 1.807) is 0 Å². The summed E-state index contributed by atoms with van der Waals surface area (Å²) in [6.45, 7) is 2.06. The summed E-state index contributed by atoms with van der Waals surface area (Å²) in [5, 5.41) is 1.77. The molecule has 3 rings (SSSR count). The first-order chi connectivity index (χ1) is 10.7. The Kier molecular flexibility index (Phi) is 4.52. The van der Waals surface area contributed by atoms with Crippen LogP contribution < -0.4 is 10.6 Å². The molecule has 0 saturated heterocycles. The molecule has 0 unspecified atom stereocenters. The molecule has 0 aliphatic carbocycles. The lowest BCUT2D eigenvalue weighted by atomic mass is 10.2. The van der Waals surface area contributed by atoms with Gasteiger partial charge in [-0.1, -0.05) is 90.2 Å².